The van der Waals surface area contributed by atoms with Crippen LogP contribution in [0.3, 0.4) is 0 Å². The fourth-order valence-corrected chi connectivity index (χ4v) is 2.05. The maximum Gasteiger partial charge on any atom is 0.101 e. The normalized spacial score (nSPS) is 10.3. The van der Waals surface area contributed by atoms with E-state index in [9.17, 15) is 0 Å². The smallest absolute Gasteiger partial charge is 0.101 e. The molecule has 74 valence electrons. The molecule has 0 fully saturated rings. The zero-order valence-corrected chi connectivity index (χ0v) is 9.53. The molecular formula is C10H3Cl3N2. The van der Waals surface area contributed by atoms with E-state index in [-0.39, 0.29) is 10.0 Å². The van der Waals surface area contributed by atoms with E-state index in [1.54, 1.807) is 12.3 Å². The maximum atomic E-state index is 8.90. The van der Waals surface area contributed by atoms with Crippen LogP contribution in [-0.4, -0.2) is 4.98 Å². The summed E-state index contributed by atoms with van der Waals surface area (Å²) >= 11 is 17.8. The number of benzene rings is 1. The minimum Gasteiger partial charge on any atom is -0.263 e. The van der Waals surface area contributed by atoms with Gasteiger partial charge < -0.3 is 0 Å². The lowest BCUT2D eigenvalue weighted by molar-refractivity contribution is 1.34. The van der Waals surface area contributed by atoms with Gasteiger partial charge in [0.1, 0.15) is 6.07 Å². The zero-order valence-electron chi connectivity index (χ0n) is 7.26. The fourth-order valence-electron chi connectivity index (χ4n) is 1.33. The summed E-state index contributed by atoms with van der Waals surface area (Å²) in [5, 5.41) is 11.1. The quantitative estimate of drug-likeness (QED) is 0.667. The summed E-state index contributed by atoms with van der Waals surface area (Å²) in [5.41, 5.74) is 0.385. The number of hydrogen-bond acceptors (Lipinski definition) is 2. The molecule has 0 N–H and O–H groups in total. The summed E-state index contributed by atoms with van der Waals surface area (Å²) in [5.74, 6) is 0. The van der Waals surface area contributed by atoms with Crippen LogP contribution in [0, 0.1) is 11.3 Å². The van der Waals surface area contributed by atoms with E-state index < -0.39 is 0 Å². The second-order valence-corrected chi connectivity index (χ2v) is 4.05. The Bertz CT molecular complexity index is 587. The Morgan fingerprint density at radius 3 is 2.53 bits per heavy atom. The van der Waals surface area contributed by atoms with E-state index in [1.807, 2.05) is 6.07 Å². The van der Waals surface area contributed by atoms with Crippen molar-refractivity contribution in [1.82, 2.24) is 4.98 Å². The zero-order chi connectivity index (χ0) is 11.0. The summed E-state index contributed by atoms with van der Waals surface area (Å²) in [6, 6.07) is 3.65. The molecule has 0 radical (unpaired) electrons. The first-order valence-corrected chi connectivity index (χ1v) is 5.10. The minimum atomic E-state index is 0.258. The van der Waals surface area contributed by atoms with E-state index >= 15 is 0 Å². The van der Waals surface area contributed by atoms with Gasteiger partial charge >= 0.3 is 0 Å². The van der Waals surface area contributed by atoms with Gasteiger partial charge in [-0.25, -0.2) is 0 Å². The largest absolute Gasteiger partial charge is 0.263 e. The number of nitrogens with zero attached hydrogens (tertiary/aromatic N) is 2. The summed E-state index contributed by atoms with van der Waals surface area (Å²) in [6.45, 7) is 0. The molecule has 2 nitrogen and oxygen atoms in total. The molecule has 1 heterocycles. The fraction of sp³-hybridized carbons (Fsp3) is 0. The molecule has 5 heteroatoms. The standard InChI is InChI=1S/C10H3Cl3N2/c11-7-1-5-3-15-4-6(2-14)8(5)10(13)9(7)12/h1,3-4H. The van der Waals surface area contributed by atoms with Crippen molar-refractivity contribution in [1.29, 1.82) is 5.26 Å². The van der Waals surface area contributed by atoms with E-state index in [1.165, 1.54) is 6.20 Å². The van der Waals surface area contributed by atoms with Crippen molar-refractivity contribution in [2.24, 2.45) is 0 Å². The van der Waals surface area contributed by atoms with Crippen molar-refractivity contribution in [3.05, 3.63) is 39.1 Å². The third kappa shape index (κ3) is 1.63. The average Bonchev–Trinajstić information content (AvgIpc) is 2.25. The Balaban J connectivity index is 3.01. The molecule has 1 aromatic heterocycles. The van der Waals surface area contributed by atoms with E-state index in [2.05, 4.69) is 4.98 Å². The van der Waals surface area contributed by atoms with Crippen LogP contribution in [0.25, 0.3) is 10.8 Å². The molecule has 2 aromatic rings. The first kappa shape index (κ1) is 10.5. The van der Waals surface area contributed by atoms with Gasteiger partial charge in [0.25, 0.3) is 0 Å². The SMILES string of the molecule is N#Cc1cncc2cc(Cl)c(Cl)c(Cl)c12. The molecule has 0 aliphatic rings. The predicted molar refractivity (Wildman–Crippen MR) is 61.5 cm³/mol. The molecule has 0 saturated carbocycles. The van der Waals surface area contributed by atoms with Gasteiger partial charge in [-0.2, -0.15) is 5.26 Å². The van der Waals surface area contributed by atoms with Crippen LogP contribution in [0.1, 0.15) is 5.56 Å². The summed E-state index contributed by atoms with van der Waals surface area (Å²) < 4.78 is 0. The van der Waals surface area contributed by atoms with Crippen LogP contribution < -0.4 is 0 Å². The van der Waals surface area contributed by atoms with Crippen LogP contribution in [-0.2, 0) is 0 Å². The third-order valence-electron chi connectivity index (χ3n) is 2.00. The Morgan fingerprint density at radius 2 is 1.87 bits per heavy atom. The number of fused-ring (bicyclic) bond motifs is 1. The Kier molecular flexibility index (Phi) is 2.70. The van der Waals surface area contributed by atoms with Crippen molar-refractivity contribution < 1.29 is 0 Å². The van der Waals surface area contributed by atoms with Crippen LogP contribution in [0.5, 0.6) is 0 Å². The highest BCUT2D eigenvalue weighted by Crippen LogP contribution is 2.37. The van der Waals surface area contributed by atoms with Gasteiger partial charge in [0, 0.05) is 23.2 Å². The topological polar surface area (TPSA) is 36.7 Å². The molecule has 0 aliphatic heterocycles. The van der Waals surface area contributed by atoms with E-state index in [0.717, 1.165) is 0 Å². The van der Waals surface area contributed by atoms with Gasteiger partial charge in [-0.05, 0) is 6.07 Å². The van der Waals surface area contributed by atoms with Gasteiger partial charge in [-0.15, -0.1) is 0 Å². The van der Waals surface area contributed by atoms with E-state index in [0.29, 0.717) is 21.4 Å². The van der Waals surface area contributed by atoms with Gasteiger partial charge in [0.05, 0.1) is 20.6 Å². The Morgan fingerprint density at radius 1 is 1.13 bits per heavy atom. The predicted octanol–water partition coefficient (Wildman–Crippen LogP) is 4.07. The van der Waals surface area contributed by atoms with Crippen molar-refractivity contribution in [3.63, 3.8) is 0 Å². The van der Waals surface area contributed by atoms with Crippen molar-refractivity contribution in [2.75, 3.05) is 0 Å². The van der Waals surface area contributed by atoms with E-state index in [4.69, 9.17) is 40.1 Å². The summed E-state index contributed by atoms with van der Waals surface area (Å²) in [6.07, 6.45) is 3.03. The third-order valence-corrected chi connectivity index (χ3v) is 3.26. The lowest BCUT2D eigenvalue weighted by atomic mass is 10.1. The highest BCUT2D eigenvalue weighted by molar-refractivity contribution is 6.50. The van der Waals surface area contributed by atoms with Gasteiger partial charge in [0.15, 0.2) is 0 Å². The highest BCUT2D eigenvalue weighted by Gasteiger charge is 2.12. The van der Waals surface area contributed by atoms with Crippen molar-refractivity contribution >= 4 is 45.6 Å². The monoisotopic (exact) mass is 256 g/mol. The molecule has 0 spiro atoms. The molecule has 0 saturated heterocycles. The Hall–Kier alpha value is -1.01. The lowest BCUT2D eigenvalue weighted by Gasteiger charge is -2.05. The summed E-state index contributed by atoms with van der Waals surface area (Å²) in [7, 11) is 0. The molecule has 0 bridgehead atoms. The number of rotatable bonds is 0. The number of hydrogen-bond donors (Lipinski definition) is 0. The highest BCUT2D eigenvalue weighted by atomic mass is 35.5. The number of halogens is 3. The molecular weight excluding hydrogens is 254 g/mol. The molecule has 15 heavy (non-hydrogen) atoms. The number of aromatic nitrogens is 1. The Labute approximate surface area is 101 Å². The second-order valence-electron chi connectivity index (χ2n) is 2.88. The maximum absolute atomic E-state index is 8.90. The molecule has 0 unspecified atom stereocenters. The van der Waals surface area contributed by atoms with Crippen molar-refractivity contribution in [3.8, 4) is 6.07 Å². The molecule has 0 atom stereocenters. The molecule has 0 aliphatic carbocycles. The molecule has 1 aromatic carbocycles. The van der Waals surface area contributed by atoms with Crippen LogP contribution in [0.2, 0.25) is 15.1 Å². The van der Waals surface area contributed by atoms with Crippen LogP contribution in [0.4, 0.5) is 0 Å². The second kappa shape index (κ2) is 3.86. The van der Waals surface area contributed by atoms with Gasteiger partial charge in [-0.1, -0.05) is 34.8 Å². The number of nitriles is 1. The molecule has 0 amide bonds. The van der Waals surface area contributed by atoms with Gasteiger partial charge in [-0.3, -0.25) is 4.98 Å². The lowest BCUT2D eigenvalue weighted by Crippen LogP contribution is -1.85. The first-order valence-electron chi connectivity index (χ1n) is 3.96. The number of pyridine rings is 1. The average molecular weight is 258 g/mol. The summed E-state index contributed by atoms with van der Waals surface area (Å²) in [4.78, 5) is 3.91. The van der Waals surface area contributed by atoms with Crippen LogP contribution in [0.15, 0.2) is 18.5 Å². The molecule has 2 rings (SSSR count). The van der Waals surface area contributed by atoms with Gasteiger partial charge in [0.2, 0.25) is 0 Å². The minimum absolute atomic E-state index is 0.258. The van der Waals surface area contributed by atoms with Crippen LogP contribution >= 0.6 is 34.8 Å². The van der Waals surface area contributed by atoms with Crippen molar-refractivity contribution in [2.45, 2.75) is 0 Å². The first-order chi connectivity index (χ1) is 7.15.